The van der Waals surface area contributed by atoms with Gasteiger partial charge in [0.2, 0.25) is 0 Å². The van der Waals surface area contributed by atoms with Gasteiger partial charge in [-0.2, -0.15) is 13.2 Å². The van der Waals surface area contributed by atoms with Gasteiger partial charge in [-0.25, -0.2) is 0 Å². The fraction of sp³-hybridized carbons (Fsp3) is 0.167. The maximum Gasteiger partial charge on any atom is 0.416 e. The Bertz CT molecular complexity index is 1010. The summed E-state index contributed by atoms with van der Waals surface area (Å²) in [5.74, 6) is -0.830. The molecular weight excluding hydrogens is 429 g/mol. The third kappa shape index (κ3) is 5.21. The first-order chi connectivity index (χ1) is 13.8. The average molecular weight is 443 g/mol. The molecule has 3 aromatic rings. The maximum absolute atomic E-state index is 13.0. The lowest BCUT2D eigenvalue weighted by Crippen LogP contribution is -2.10. The summed E-state index contributed by atoms with van der Waals surface area (Å²) in [5.41, 5.74) is -0.0344. The minimum atomic E-state index is -4.49. The highest BCUT2D eigenvalue weighted by Gasteiger charge is 2.31. The van der Waals surface area contributed by atoms with Gasteiger partial charge in [-0.05, 0) is 30.3 Å². The number of carboxylic acid groups (broad SMARTS) is 1. The topological polar surface area (TPSA) is 80.0 Å². The number of para-hydroxylation sites is 1. The lowest BCUT2D eigenvalue weighted by Gasteiger charge is -2.13. The number of rotatable bonds is 7. The fourth-order valence-corrected chi connectivity index (χ4v) is 3.36. The highest BCUT2D eigenvalue weighted by atomic mass is 35.5. The molecule has 3 rings (SSSR count). The highest BCUT2D eigenvalue weighted by Crippen LogP contribution is 2.34. The van der Waals surface area contributed by atoms with Crippen LogP contribution in [-0.2, 0) is 17.5 Å². The number of carboxylic acids is 1. The molecule has 0 amide bonds. The summed E-state index contributed by atoms with van der Waals surface area (Å²) in [6.45, 7) is 0.0244. The Labute approximate surface area is 172 Å². The number of carbonyl (C=O) groups is 1. The minimum absolute atomic E-state index is 0.0244. The first-order valence-corrected chi connectivity index (χ1v) is 9.57. The molecule has 1 aromatic heterocycles. The number of thioether (sulfide) groups is 1. The van der Waals surface area contributed by atoms with Crippen LogP contribution in [0.5, 0.6) is 0 Å². The van der Waals surface area contributed by atoms with Gasteiger partial charge in [0.25, 0.3) is 0 Å². The van der Waals surface area contributed by atoms with Crippen LogP contribution in [0.1, 0.15) is 11.4 Å². The maximum atomic E-state index is 13.0. The van der Waals surface area contributed by atoms with E-state index in [9.17, 15) is 18.0 Å². The van der Waals surface area contributed by atoms with E-state index in [0.717, 1.165) is 23.9 Å². The van der Waals surface area contributed by atoms with Crippen LogP contribution >= 0.6 is 23.4 Å². The molecule has 6 nitrogen and oxygen atoms in total. The summed E-state index contributed by atoms with van der Waals surface area (Å²) in [6.07, 6.45) is -4.49. The second-order valence-electron chi connectivity index (χ2n) is 5.80. The molecule has 0 aliphatic rings. The van der Waals surface area contributed by atoms with Gasteiger partial charge in [0.05, 0.1) is 28.6 Å². The molecule has 0 fully saturated rings. The first-order valence-electron chi connectivity index (χ1n) is 8.20. The third-order valence-electron chi connectivity index (χ3n) is 3.77. The number of nitrogens with zero attached hydrogens (tertiary/aromatic N) is 3. The van der Waals surface area contributed by atoms with Gasteiger partial charge in [0.15, 0.2) is 11.0 Å². The second kappa shape index (κ2) is 8.75. The van der Waals surface area contributed by atoms with Gasteiger partial charge < -0.3 is 10.4 Å². The molecule has 2 aromatic carbocycles. The van der Waals surface area contributed by atoms with E-state index in [2.05, 4.69) is 15.5 Å². The van der Waals surface area contributed by atoms with Crippen LogP contribution in [0, 0.1) is 0 Å². The van der Waals surface area contributed by atoms with E-state index in [0.29, 0.717) is 16.7 Å². The van der Waals surface area contributed by atoms with Crippen molar-refractivity contribution in [3.05, 3.63) is 64.9 Å². The Morgan fingerprint density at radius 3 is 2.55 bits per heavy atom. The van der Waals surface area contributed by atoms with Crippen molar-refractivity contribution in [1.29, 1.82) is 0 Å². The zero-order chi connectivity index (χ0) is 21.0. The van der Waals surface area contributed by atoms with Crippen molar-refractivity contribution < 1.29 is 23.1 Å². The summed E-state index contributed by atoms with van der Waals surface area (Å²) in [4.78, 5) is 10.9. The van der Waals surface area contributed by atoms with Crippen molar-refractivity contribution in [1.82, 2.24) is 14.8 Å². The molecule has 11 heteroatoms. The van der Waals surface area contributed by atoms with Crippen LogP contribution in [-0.4, -0.2) is 31.6 Å². The molecule has 0 bridgehead atoms. The highest BCUT2D eigenvalue weighted by molar-refractivity contribution is 7.99. The largest absolute Gasteiger partial charge is 0.481 e. The number of benzene rings is 2. The summed E-state index contributed by atoms with van der Waals surface area (Å²) in [6, 6.07) is 12.0. The number of hydrogen-bond acceptors (Lipinski definition) is 5. The van der Waals surface area contributed by atoms with Crippen LogP contribution in [0.15, 0.2) is 53.7 Å². The first kappa shape index (κ1) is 21.0. The Hall–Kier alpha value is -2.72. The molecule has 0 aliphatic carbocycles. The number of aliphatic carboxylic acids is 1. The van der Waals surface area contributed by atoms with Gasteiger partial charge in [0.1, 0.15) is 0 Å². The van der Waals surface area contributed by atoms with Gasteiger partial charge in [-0.1, -0.05) is 41.6 Å². The summed E-state index contributed by atoms with van der Waals surface area (Å²) in [5, 5.41) is 20.3. The number of aromatic nitrogens is 3. The van der Waals surface area contributed by atoms with Gasteiger partial charge in [0, 0.05) is 5.69 Å². The summed E-state index contributed by atoms with van der Waals surface area (Å²) in [7, 11) is 0. The SMILES string of the molecule is O=C(O)CSc1nnc(CNc2cc(C(F)(F)F)ccc2Cl)n1-c1ccccc1. The van der Waals surface area contributed by atoms with Crippen molar-refractivity contribution in [3.8, 4) is 5.69 Å². The van der Waals surface area contributed by atoms with E-state index in [-0.39, 0.29) is 23.0 Å². The van der Waals surface area contributed by atoms with Gasteiger partial charge in [-0.3, -0.25) is 9.36 Å². The van der Waals surface area contributed by atoms with Crippen LogP contribution in [0.3, 0.4) is 0 Å². The molecule has 0 spiro atoms. The molecule has 1 heterocycles. The monoisotopic (exact) mass is 442 g/mol. The third-order valence-corrected chi connectivity index (χ3v) is 5.01. The number of alkyl halides is 3. The van der Waals surface area contributed by atoms with Crippen LogP contribution in [0.25, 0.3) is 5.69 Å². The molecule has 152 valence electrons. The standard InChI is InChI=1S/C18H14ClF3N4O2S/c19-13-7-6-11(18(20,21)22)8-14(13)23-9-15-24-25-17(29-10-16(27)28)26(15)12-4-2-1-3-5-12/h1-8,23H,9-10H2,(H,27,28). The zero-order valence-electron chi connectivity index (χ0n) is 14.7. The Morgan fingerprint density at radius 1 is 1.17 bits per heavy atom. The van der Waals surface area contributed by atoms with E-state index < -0.39 is 17.7 Å². The average Bonchev–Trinajstić information content (AvgIpc) is 3.08. The molecule has 0 saturated carbocycles. The normalized spacial score (nSPS) is 11.4. The van der Waals surface area contributed by atoms with Crippen molar-refractivity contribution >= 4 is 35.0 Å². The lowest BCUT2D eigenvalue weighted by molar-refractivity contribution is -0.137. The fourth-order valence-electron chi connectivity index (χ4n) is 2.48. The Morgan fingerprint density at radius 2 is 1.90 bits per heavy atom. The van der Waals surface area contributed by atoms with Crippen LogP contribution in [0.4, 0.5) is 18.9 Å². The Kier molecular flexibility index (Phi) is 6.33. The van der Waals surface area contributed by atoms with Crippen molar-refractivity contribution in [2.24, 2.45) is 0 Å². The quantitative estimate of drug-likeness (QED) is 0.515. The molecule has 0 saturated heterocycles. The van der Waals surface area contributed by atoms with E-state index in [1.165, 1.54) is 6.07 Å². The summed E-state index contributed by atoms with van der Waals surface area (Å²) < 4.78 is 40.5. The molecule has 0 unspecified atom stereocenters. The van der Waals surface area contributed by atoms with Gasteiger partial charge in [-0.15, -0.1) is 10.2 Å². The minimum Gasteiger partial charge on any atom is -0.481 e. The van der Waals surface area contributed by atoms with E-state index in [4.69, 9.17) is 16.7 Å². The molecular formula is C18H14ClF3N4O2S. The number of hydrogen-bond donors (Lipinski definition) is 2. The molecule has 29 heavy (non-hydrogen) atoms. The number of halogens is 4. The van der Waals surface area contributed by atoms with E-state index in [1.54, 1.807) is 28.8 Å². The Balaban J connectivity index is 1.89. The molecule has 0 atom stereocenters. The van der Waals surface area contributed by atoms with E-state index >= 15 is 0 Å². The number of nitrogens with one attached hydrogen (secondary N) is 1. The number of anilines is 1. The van der Waals surface area contributed by atoms with E-state index in [1.807, 2.05) is 6.07 Å². The molecule has 2 N–H and O–H groups in total. The smallest absolute Gasteiger partial charge is 0.416 e. The molecule has 0 aliphatic heterocycles. The summed E-state index contributed by atoms with van der Waals surface area (Å²) >= 11 is 7.01. The second-order valence-corrected chi connectivity index (χ2v) is 7.15. The predicted octanol–water partition coefficient (Wildman–Crippen LogP) is 4.73. The van der Waals surface area contributed by atoms with Crippen molar-refractivity contribution in [2.75, 3.05) is 11.1 Å². The van der Waals surface area contributed by atoms with Gasteiger partial charge >= 0.3 is 12.1 Å². The molecule has 0 radical (unpaired) electrons. The predicted molar refractivity (Wildman–Crippen MR) is 103 cm³/mol. The van der Waals surface area contributed by atoms with Crippen molar-refractivity contribution in [3.63, 3.8) is 0 Å². The van der Waals surface area contributed by atoms with Crippen LogP contribution < -0.4 is 5.32 Å². The lowest BCUT2D eigenvalue weighted by atomic mass is 10.2. The van der Waals surface area contributed by atoms with Crippen LogP contribution in [0.2, 0.25) is 5.02 Å². The van der Waals surface area contributed by atoms with Crippen molar-refractivity contribution in [2.45, 2.75) is 17.9 Å². The zero-order valence-corrected chi connectivity index (χ0v) is 16.2.